The van der Waals surface area contributed by atoms with Crippen molar-refractivity contribution in [1.29, 1.82) is 0 Å². The summed E-state index contributed by atoms with van der Waals surface area (Å²) in [6.45, 7) is 2.32. The third-order valence-corrected chi connectivity index (χ3v) is 3.40. The molecule has 1 N–H and O–H groups in total. The van der Waals surface area contributed by atoms with Crippen LogP contribution in [-0.2, 0) is 9.53 Å². The second-order valence-corrected chi connectivity index (χ2v) is 4.88. The fourth-order valence-electron chi connectivity index (χ4n) is 2.07. The molecule has 0 aromatic heterocycles. The Hall–Kier alpha value is -1.17. The molecule has 1 aliphatic heterocycles. The SMILES string of the molecule is O=C(O)CCN1CCO[C@H](c2ccc(F)c(Cl)c2)C1. The number of hydrogen-bond acceptors (Lipinski definition) is 3. The van der Waals surface area contributed by atoms with E-state index in [1.54, 1.807) is 12.1 Å². The Morgan fingerprint density at radius 2 is 2.37 bits per heavy atom. The number of ether oxygens (including phenoxy) is 1. The first-order chi connectivity index (χ1) is 9.06. The van der Waals surface area contributed by atoms with E-state index in [9.17, 15) is 9.18 Å². The number of hydrogen-bond donors (Lipinski definition) is 1. The van der Waals surface area contributed by atoms with Gasteiger partial charge in [-0.2, -0.15) is 0 Å². The van der Waals surface area contributed by atoms with Gasteiger partial charge in [0.05, 0.1) is 24.2 Å². The highest BCUT2D eigenvalue weighted by molar-refractivity contribution is 6.30. The fourth-order valence-corrected chi connectivity index (χ4v) is 2.26. The molecule has 0 aliphatic carbocycles. The maximum Gasteiger partial charge on any atom is 0.304 e. The normalized spacial score (nSPS) is 20.4. The minimum absolute atomic E-state index is 0.0729. The summed E-state index contributed by atoms with van der Waals surface area (Å²) in [4.78, 5) is 12.6. The highest BCUT2D eigenvalue weighted by Gasteiger charge is 2.22. The average molecular weight is 288 g/mol. The number of aliphatic carboxylic acids is 1. The third-order valence-electron chi connectivity index (χ3n) is 3.11. The molecule has 1 fully saturated rings. The summed E-state index contributed by atoms with van der Waals surface area (Å²) in [5.41, 5.74) is 0.812. The number of rotatable bonds is 4. The first kappa shape index (κ1) is 14.2. The molecule has 0 saturated carbocycles. The number of halogens is 2. The molecular weight excluding hydrogens is 273 g/mol. The molecule has 0 radical (unpaired) electrons. The molecular formula is C13H15ClFNO3. The highest BCUT2D eigenvalue weighted by atomic mass is 35.5. The molecule has 2 rings (SSSR count). The molecule has 0 amide bonds. The van der Waals surface area contributed by atoms with E-state index in [2.05, 4.69) is 0 Å². The maximum atomic E-state index is 13.1. The van der Waals surface area contributed by atoms with Crippen molar-refractivity contribution >= 4 is 17.6 Å². The summed E-state index contributed by atoms with van der Waals surface area (Å²) >= 11 is 5.75. The summed E-state index contributed by atoms with van der Waals surface area (Å²) in [5, 5.41) is 8.75. The van der Waals surface area contributed by atoms with Crippen molar-refractivity contribution in [3.8, 4) is 0 Å². The second-order valence-electron chi connectivity index (χ2n) is 4.48. The summed E-state index contributed by atoms with van der Waals surface area (Å²) in [7, 11) is 0. The third kappa shape index (κ3) is 3.89. The van der Waals surface area contributed by atoms with Gasteiger partial charge >= 0.3 is 5.97 Å². The van der Waals surface area contributed by atoms with Crippen LogP contribution in [0.3, 0.4) is 0 Å². The molecule has 104 valence electrons. The molecule has 19 heavy (non-hydrogen) atoms. The summed E-state index contributed by atoms with van der Waals surface area (Å²) in [6, 6.07) is 4.52. The lowest BCUT2D eigenvalue weighted by Gasteiger charge is -2.32. The van der Waals surface area contributed by atoms with E-state index < -0.39 is 11.8 Å². The molecule has 1 aromatic carbocycles. The van der Waals surface area contributed by atoms with Crippen molar-refractivity contribution in [2.75, 3.05) is 26.2 Å². The van der Waals surface area contributed by atoms with E-state index in [1.165, 1.54) is 6.07 Å². The lowest BCUT2D eigenvalue weighted by atomic mass is 10.1. The molecule has 0 bridgehead atoms. The van der Waals surface area contributed by atoms with Crippen LogP contribution in [0.1, 0.15) is 18.1 Å². The van der Waals surface area contributed by atoms with Gasteiger partial charge < -0.3 is 9.84 Å². The van der Waals surface area contributed by atoms with Gasteiger partial charge in [-0.15, -0.1) is 0 Å². The van der Waals surface area contributed by atoms with Crippen LogP contribution in [0.15, 0.2) is 18.2 Å². The van der Waals surface area contributed by atoms with Crippen LogP contribution >= 0.6 is 11.6 Å². The Balaban J connectivity index is 2.00. The van der Waals surface area contributed by atoms with Crippen molar-refractivity contribution < 1.29 is 19.0 Å². The van der Waals surface area contributed by atoms with Gasteiger partial charge in [-0.25, -0.2) is 4.39 Å². The summed E-state index contributed by atoms with van der Waals surface area (Å²) in [6.07, 6.45) is -0.0858. The van der Waals surface area contributed by atoms with Crippen molar-refractivity contribution in [2.45, 2.75) is 12.5 Å². The number of carboxylic acid groups (broad SMARTS) is 1. The van der Waals surface area contributed by atoms with Gasteiger partial charge in [0.25, 0.3) is 0 Å². The molecule has 1 aliphatic rings. The lowest BCUT2D eigenvalue weighted by Crippen LogP contribution is -2.39. The van der Waals surface area contributed by atoms with Crippen LogP contribution < -0.4 is 0 Å². The Labute approximate surface area is 115 Å². The minimum Gasteiger partial charge on any atom is -0.481 e. The smallest absolute Gasteiger partial charge is 0.304 e. The molecule has 1 atom stereocenters. The van der Waals surface area contributed by atoms with Crippen LogP contribution in [0.5, 0.6) is 0 Å². The molecule has 0 unspecified atom stereocenters. The molecule has 1 saturated heterocycles. The lowest BCUT2D eigenvalue weighted by molar-refractivity contribution is -0.137. The van der Waals surface area contributed by atoms with Crippen molar-refractivity contribution in [3.63, 3.8) is 0 Å². The van der Waals surface area contributed by atoms with E-state index in [1.807, 2.05) is 4.90 Å². The highest BCUT2D eigenvalue weighted by Crippen LogP contribution is 2.26. The predicted molar refractivity (Wildman–Crippen MR) is 68.8 cm³/mol. The van der Waals surface area contributed by atoms with Gasteiger partial charge in [0.2, 0.25) is 0 Å². The Morgan fingerprint density at radius 1 is 1.58 bits per heavy atom. The second kappa shape index (κ2) is 6.32. The molecule has 1 aromatic rings. The zero-order valence-corrected chi connectivity index (χ0v) is 11.1. The van der Waals surface area contributed by atoms with E-state index in [-0.39, 0.29) is 17.5 Å². The van der Waals surface area contributed by atoms with Crippen LogP contribution in [0, 0.1) is 5.82 Å². The monoisotopic (exact) mass is 287 g/mol. The van der Waals surface area contributed by atoms with E-state index in [0.29, 0.717) is 26.2 Å². The molecule has 6 heteroatoms. The quantitative estimate of drug-likeness (QED) is 0.923. The molecule has 4 nitrogen and oxygen atoms in total. The summed E-state index contributed by atoms with van der Waals surface area (Å²) in [5.74, 6) is -1.27. The van der Waals surface area contributed by atoms with Gasteiger partial charge in [0.1, 0.15) is 5.82 Å². The zero-order valence-electron chi connectivity index (χ0n) is 10.3. The number of carbonyl (C=O) groups is 1. The van der Waals surface area contributed by atoms with E-state index in [0.717, 1.165) is 5.56 Å². The zero-order chi connectivity index (χ0) is 13.8. The Bertz CT molecular complexity index is 469. The largest absolute Gasteiger partial charge is 0.481 e. The number of benzene rings is 1. The standard InChI is InChI=1S/C13H15ClFNO3/c14-10-7-9(1-2-11(10)15)12-8-16(5-6-19-12)4-3-13(17)18/h1-2,7,12H,3-6,8H2,(H,17,18)/t12-/m0/s1. The molecule has 1 heterocycles. The topological polar surface area (TPSA) is 49.8 Å². The number of morpholine rings is 1. The van der Waals surface area contributed by atoms with Crippen LogP contribution in [0.2, 0.25) is 5.02 Å². The first-order valence-electron chi connectivity index (χ1n) is 6.07. The van der Waals surface area contributed by atoms with Crippen molar-refractivity contribution in [2.24, 2.45) is 0 Å². The Morgan fingerprint density at radius 3 is 3.05 bits per heavy atom. The minimum atomic E-state index is -0.812. The first-order valence-corrected chi connectivity index (χ1v) is 6.45. The van der Waals surface area contributed by atoms with Crippen molar-refractivity contribution in [1.82, 2.24) is 4.90 Å². The van der Waals surface area contributed by atoms with E-state index in [4.69, 9.17) is 21.4 Å². The Kier molecular flexibility index (Phi) is 4.74. The van der Waals surface area contributed by atoms with Crippen LogP contribution in [-0.4, -0.2) is 42.2 Å². The van der Waals surface area contributed by atoms with Gasteiger partial charge in [0, 0.05) is 19.6 Å². The summed E-state index contributed by atoms with van der Waals surface area (Å²) < 4.78 is 18.7. The van der Waals surface area contributed by atoms with E-state index >= 15 is 0 Å². The average Bonchev–Trinajstić information content (AvgIpc) is 2.40. The van der Waals surface area contributed by atoms with Gasteiger partial charge in [-0.05, 0) is 17.7 Å². The van der Waals surface area contributed by atoms with Crippen molar-refractivity contribution in [3.05, 3.63) is 34.6 Å². The fraction of sp³-hybridized carbons (Fsp3) is 0.462. The molecule has 0 spiro atoms. The van der Waals surface area contributed by atoms with Gasteiger partial charge in [0.15, 0.2) is 0 Å². The number of carboxylic acids is 1. The van der Waals surface area contributed by atoms with Crippen LogP contribution in [0.4, 0.5) is 4.39 Å². The van der Waals surface area contributed by atoms with Crippen LogP contribution in [0.25, 0.3) is 0 Å². The number of nitrogens with zero attached hydrogens (tertiary/aromatic N) is 1. The predicted octanol–water partition coefficient (Wildman–Crippen LogP) is 2.33. The van der Waals surface area contributed by atoms with Gasteiger partial charge in [-0.1, -0.05) is 17.7 Å². The maximum absolute atomic E-state index is 13.1. The van der Waals surface area contributed by atoms with Gasteiger partial charge in [-0.3, -0.25) is 9.69 Å².